The lowest BCUT2D eigenvalue weighted by Gasteiger charge is -2.14. The zero-order chi connectivity index (χ0) is 9.03. The first-order valence-corrected chi connectivity index (χ1v) is 3.99. The van der Waals surface area contributed by atoms with Crippen LogP contribution in [0.3, 0.4) is 0 Å². The minimum absolute atomic E-state index is 0.565. The van der Waals surface area contributed by atoms with Gasteiger partial charge in [0.1, 0.15) is 0 Å². The summed E-state index contributed by atoms with van der Waals surface area (Å²) in [6.07, 6.45) is 2.12. The molecule has 0 amide bonds. The third-order valence-electron chi connectivity index (χ3n) is 2.24. The Labute approximate surface area is 71.5 Å². The average Bonchev–Trinajstić information content (AvgIpc) is 2.50. The van der Waals surface area contributed by atoms with Gasteiger partial charge in [0, 0.05) is 19.5 Å². The van der Waals surface area contributed by atoms with Gasteiger partial charge >= 0.3 is 0 Å². The molecule has 0 N–H and O–H groups in total. The average molecular weight is 165 g/mol. The molecule has 1 fully saturated rings. The fourth-order valence-electron chi connectivity index (χ4n) is 1.44. The fraction of sp³-hybridized carbons (Fsp3) is 0.750. The number of likely N-dealkylation sites (N-methyl/N-ethyl adjacent to an activating group) is 1. The van der Waals surface area contributed by atoms with Crippen molar-refractivity contribution in [1.82, 2.24) is 4.90 Å². The van der Waals surface area contributed by atoms with Crippen molar-refractivity contribution < 1.29 is 4.79 Å². The molecule has 0 aromatic carbocycles. The summed E-state index contributed by atoms with van der Waals surface area (Å²) in [6.45, 7) is 4.33. The van der Waals surface area contributed by atoms with Crippen molar-refractivity contribution in [3.63, 3.8) is 0 Å². The molecule has 0 aliphatic carbocycles. The van der Waals surface area contributed by atoms with Crippen molar-refractivity contribution in [3.05, 3.63) is 0 Å². The minimum atomic E-state index is -0.808. The molecule has 0 aromatic rings. The number of hydrogen-bond acceptors (Lipinski definition) is 4. The van der Waals surface area contributed by atoms with Gasteiger partial charge in [0.15, 0.2) is 5.54 Å². The third-order valence-corrected chi connectivity index (χ3v) is 2.24. The molecule has 1 rings (SSSR count). The van der Waals surface area contributed by atoms with Crippen LogP contribution in [0.2, 0.25) is 0 Å². The van der Waals surface area contributed by atoms with Crippen LogP contribution >= 0.6 is 0 Å². The highest BCUT2D eigenvalue weighted by molar-refractivity contribution is 5.37. The summed E-state index contributed by atoms with van der Waals surface area (Å²) in [7, 11) is 0. The second-order valence-electron chi connectivity index (χ2n) is 2.97. The third kappa shape index (κ3) is 1.53. The van der Waals surface area contributed by atoms with Gasteiger partial charge in [-0.1, -0.05) is 6.92 Å². The molecule has 64 valence electrons. The molecule has 12 heavy (non-hydrogen) atoms. The summed E-state index contributed by atoms with van der Waals surface area (Å²) in [6, 6.07) is 2.07. The largest absolute Gasteiger partial charge is 0.300 e. The van der Waals surface area contributed by atoms with E-state index in [0.717, 1.165) is 13.1 Å². The summed E-state index contributed by atoms with van der Waals surface area (Å²) >= 11 is 0. The Kier molecular flexibility index (Phi) is 2.59. The molecule has 0 aromatic heterocycles. The molecule has 0 bridgehead atoms. The molecular formula is C8H11N3O. The Morgan fingerprint density at radius 3 is 2.92 bits per heavy atom. The predicted molar refractivity (Wildman–Crippen MR) is 43.2 cm³/mol. The molecule has 1 aliphatic heterocycles. The second-order valence-corrected chi connectivity index (χ2v) is 2.97. The number of nitrogens with zero attached hydrogens (tertiary/aromatic N) is 3. The van der Waals surface area contributed by atoms with Crippen molar-refractivity contribution in [3.8, 4) is 6.07 Å². The molecule has 0 saturated carbocycles. The second kappa shape index (κ2) is 3.48. The molecule has 1 unspecified atom stereocenters. The highest BCUT2D eigenvalue weighted by Gasteiger charge is 2.37. The molecule has 1 aliphatic rings. The van der Waals surface area contributed by atoms with E-state index < -0.39 is 5.54 Å². The maximum atomic E-state index is 10.1. The van der Waals surface area contributed by atoms with E-state index in [2.05, 4.69) is 16.0 Å². The number of likely N-dealkylation sites (tertiary alicyclic amines) is 1. The highest BCUT2D eigenvalue weighted by Crippen LogP contribution is 2.23. The zero-order valence-electron chi connectivity index (χ0n) is 7.08. The highest BCUT2D eigenvalue weighted by atomic mass is 16.1. The topological polar surface area (TPSA) is 56.5 Å². The van der Waals surface area contributed by atoms with Crippen LogP contribution < -0.4 is 0 Å². The molecule has 1 heterocycles. The Balaban J connectivity index is 2.74. The van der Waals surface area contributed by atoms with Crippen LogP contribution in [0.5, 0.6) is 0 Å². The van der Waals surface area contributed by atoms with E-state index in [-0.39, 0.29) is 0 Å². The number of nitriles is 1. The van der Waals surface area contributed by atoms with E-state index in [1.165, 1.54) is 6.08 Å². The standard InChI is InChI=1S/C8H11N3O/c1-2-11-4-3-8(5-9,6-11)10-7-12/h2-4,6H2,1H3. The first-order chi connectivity index (χ1) is 5.76. The smallest absolute Gasteiger partial charge is 0.236 e. The van der Waals surface area contributed by atoms with Gasteiger partial charge in [-0.15, -0.1) is 0 Å². The molecule has 0 spiro atoms. The van der Waals surface area contributed by atoms with Gasteiger partial charge in [-0.3, -0.25) is 4.90 Å². The van der Waals surface area contributed by atoms with E-state index >= 15 is 0 Å². The van der Waals surface area contributed by atoms with Crippen LogP contribution in [0.4, 0.5) is 0 Å². The van der Waals surface area contributed by atoms with E-state index in [1.54, 1.807) is 0 Å². The van der Waals surface area contributed by atoms with Crippen molar-refractivity contribution in [2.75, 3.05) is 19.6 Å². The minimum Gasteiger partial charge on any atom is -0.300 e. The number of carbonyl (C=O) groups excluding carboxylic acids is 1. The van der Waals surface area contributed by atoms with E-state index in [4.69, 9.17) is 5.26 Å². The summed E-state index contributed by atoms with van der Waals surface area (Å²) in [5.74, 6) is 0. The van der Waals surface area contributed by atoms with Crippen LogP contribution in [0.25, 0.3) is 0 Å². The number of hydrogen-bond donors (Lipinski definition) is 0. The van der Waals surface area contributed by atoms with E-state index in [0.29, 0.717) is 13.0 Å². The van der Waals surface area contributed by atoms with Gasteiger partial charge in [0.25, 0.3) is 0 Å². The number of isocyanates is 1. The summed E-state index contributed by atoms with van der Waals surface area (Å²) in [4.78, 5) is 15.7. The van der Waals surface area contributed by atoms with Gasteiger partial charge in [-0.05, 0) is 6.54 Å². The lowest BCUT2D eigenvalue weighted by molar-refractivity contribution is 0.344. The van der Waals surface area contributed by atoms with Crippen molar-refractivity contribution in [2.45, 2.75) is 18.9 Å². The Hall–Kier alpha value is -1.17. The van der Waals surface area contributed by atoms with Crippen LogP contribution in [-0.4, -0.2) is 36.2 Å². The van der Waals surface area contributed by atoms with Crippen LogP contribution in [0, 0.1) is 11.3 Å². The Morgan fingerprint density at radius 2 is 2.50 bits per heavy atom. The SMILES string of the molecule is CCN1CCC(C#N)(N=C=O)C1. The summed E-state index contributed by atoms with van der Waals surface area (Å²) in [5, 5.41) is 8.81. The molecule has 0 radical (unpaired) electrons. The predicted octanol–water partition coefficient (Wildman–Crippen LogP) is 0.310. The maximum Gasteiger partial charge on any atom is 0.236 e. The van der Waals surface area contributed by atoms with Crippen LogP contribution in [-0.2, 0) is 4.79 Å². The normalized spacial score (nSPS) is 29.3. The summed E-state index contributed by atoms with van der Waals surface area (Å²) < 4.78 is 0. The first kappa shape index (κ1) is 8.92. The first-order valence-electron chi connectivity index (χ1n) is 3.99. The van der Waals surface area contributed by atoms with E-state index in [1.807, 2.05) is 6.92 Å². The van der Waals surface area contributed by atoms with Crippen LogP contribution in [0.1, 0.15) is 13.3 Å². The van der Waals surface area contributed by atoms with Gasteiger partial charge in [-0.2, -0.15) is 10.3 Å². The lowest BCUT2D eigenvalue weighted by atomic mass is 10.0. The lowest BCUT2D eigenvalue weighted by Crippen LogP contribution is -2.29. The van der Waals surface area contributed by atoms with Crippen molar-refractivity contribution in [1.29, 1.82) is 5.26 Å². The fourth-order valence-corrected chi connectivity index (χ4v) is 1.44. The zero-order valence-corrected chi connectivity index (χ0v) is 7.08. The van der Waals surface area contributed by atoms with Crippen molar-refractivity contribution in [2.24, 2.45) is 4.99 Å². The molecule has 4 heteroatoms. The number of aliphatic imine (C=N–C) groups is 1. The molecule has 1 saturated heterocycles. The monoisotopic (exact) mass is 165 g/mol. The molecule has 1 atom stereocenters. The van der Waals surface area contributed by atoms with Crippen LogP contribution in [0.15, 0.2) is 4.99 Å². The quantitative estimate of drug-likeness (QED) is 0.437. The molecule has 4 nitrogen and oxygen atoms in total. The Bertz CT molecular complexity index is 252. The van der Waals surface area contributed by atoms with Gasteiger partial charge in [0.05, 0.1) is 6.07 Å². The van der Waals surface area contributed by atoms with E-state index in [9.17, 15) is 4.79 Å². The Morgan fingerprint density at radius 1 is 1.75 bits per heavy atom. The molecular weight excluding hydrogens is 154 g/mol. The maximum absolute atomic E-state index is 10.1. The van der Waals surface area contributed by atoms with Gasteiger partial charge < -0.3 is 0 Å². The van der Waals surface area contributed by atoms with Gasteiger partial charge in [-0.25, -0.2) is 4.79 Å². The van der Waals surface area contributed by atoms with Gasteiger partial charge in [0.2, 0.25) is 6.08 Å². The van der Waals surface area contributed by atoms with Crippen molar-refractivity contribution >= 4 is 6.08 Å². The summed E-state index contributed by atoms with van der Waals surface area (Å²) in [5.41, 5.74) is -0.808. The number of rotatable bonds is 2.